The van der Waals surface area contributed by atoms with Crippen LogP contribution in [0.4, 0.5) is 0 Å². The van der Waals surface area contributed by atoms with Crippen molar-refractivity contribution < 1.29 is 4.74 Å². The third-order valence-corrected chi connectivity index (χ3v) is 2.52. The molecule has 0 aromatic carbocycles. The number of aryl methyl sites for hydroxylation is 1. The number of unbranched alkanes of at least 4 members (excludes halogenated alkanes) is 1. The fourth-order valence-corrected chi connectivity index (χ4v) is 1.42. The smallest absolute Gasteiger partial charge is 0.0591 e. The molecule has 0 spiro atoms. The molecule has 16 heavy (non-hydrogen) atoms. The minimum atomic E-state index is 0.796. The Morgan fingerprint density at radius 2 is 2.25 bits per heavy atom. The van der Waals surface area contributed by atoms with Crippen LogP contribution in [-0.4, -0.2) is 24.7 Å². The summed E-state index contributed by atoms with van der Waals surface area (Å²) < 4.78 is 5.47. The minimum Gasteiger partial charge on any atom is -0.380 e. The van der Waals surface area contributed by atoms with Crippen molar-refractivity contribution >= 4 is 0 Å². The summed E-state index contributed by atoms with van der Waals surface area (Å²) in [6, 6.07) is 2.06. The SMILES string of the molecule is CCCCOCCNCc1ccncc1C. The maximum absolute atomic E-state index is 5.47. The lowest BCUT2D eigenvalue weighted by Gasteiger charge is -2.07. The summed E-state index contributed by atoms with van der Waals surface area (Å²) in [5.41, 5.74) is 2.55. The van der Waals surface area contributed by atoms with Crippen LogP contribution in [-0.2, 0) is 11.3 Å². The number of rotatable bonds is 8. The highest BCUT2D eigenvalue weighted by Gasteiger charge is 1.96. The minimum absolute atomic E-state index is 0.796. The summed E-state index contributed by atoms with van der Waals surface area (Å²) in [5, 5.41) is 3.37. The van der Waals surface area contributed by atoms with Crippen molar-refractivity contribution in [3.63, 3.8) is 0 Å². The van der Waals surface area contributed by atoms with E-state index in [-0.39, 0.29) is 0 Å². The van der Waals surface area contributed by atoms with Gasteiger partial charge >= 0.3 is 0 Å². The second kappa shape index (κ2) is 8.25. The molecule has 1 N–H and O–H groups in total. The normalized spacial score (nSPS) is 10.6. The Hall–Kier alpha value is -0.930. The van der Waals surface area contributed by atoms with Crippen molar-refractivity contribution in [2.75, 3.05) is 19.8 Å². The Kier molecular flexibility index (Phi) is 6.77. The van der Waals surface area contributed by atoms with E-state index < -0.39 is 0 Å². The van der Waals surface area contributed by atoms with Crippen LogP contribution < -0.4 is 5.32 Å². The van der Waals surface area contributed by atoms with E-state index in [1.165, 1.54) is 17.5 Å². The van der Waals surface area contributed by atoms with Crippen LogP contribution in [0.5, 0.6) is 0 Å². The molecule has 0 unspecified atom stereocenters. The highest BCUT2D eigenvalue weighted by Crippen LogP contribution is 2.03. The molecule has 1 rings (SSSR count). The molecule has 0 radical (unpaired) electrons. The van der Waals surface area contributed by atoms with Gasteiger partial charge in [-0.3, -0.25) is 4.98 Å². The van der Waals surface area contributed by atoms with Gasteiger partial charge in [0, 0.05) is 32.1 Å². The number of ether oxygens (including phenoxy) is 1. The number of nitrogens with zero attached hydrogens (tertiary/aromatic N) is 1. The molecule has 3 nitrogen and oxygen atoms in total. The molecular weight excluding hydrogens is 200 g/mol. The van der Waals surface area contributed by atoms with Crippen LogP contribution in [0.15, 0.2) is 18.5 Å². The van der Waals surface area contributed by atoms with Gasteiger partial charge in [0.2, 0.25) is 0 Å². The lowest BCUT2D eigenvalue weighted by molar-refractivity contribution is 0.133. The fourth-order valence-electron chi connectivity index (χ4n) is 1.42. The zero-order chi connectivity index (χ0) is 11.6. The van der Waals surface area contributed by atoms with Crippen molar-refractivity contribution in [1.82, 2.24) is 10.3 Å². The standard InChI is InChI=1S/C13H22N2O/c1-3-4-8-16-9-7-15-11-13-5-6-14-10-12(13)2/h5-6,10,15H,3-4,7-9,11H2,1-2H3. The lowest BCUT2D eigenvalue weighted by atomic mass is 10.1. The van der Waals surface area contributed by atoms with Crippen molar-refractivity contribution in [3.8, 4) is 0 Å². The molecule has 90 valence electrons. The fraction of sp³-hybridized carbons (Fsp3) is 0.615. The van der Waals surface area contributed by atoms with Gasteiger partial charge in [0.25, 0.3) is 0 Å². The summed E-state index contributed by atoms with van der Waals surface area (Å²) in [5.74, 6) is 0. The summed E-state index contributed by atoms with van der Waals surface area (Å²) in [6.45, 7) is 7.74. The lowest BCUT2D eigenvalue weighted by Crippen LogP contribution is -2.20. The molecule has 1 heterocycles. The average molecular weight is 222 g/mol. The molecule has 3 heteroatoms. The summed E-state index contributed by atoms with van der Waals surface area (Å²) in [6.07, 6.45) is 6.09. The maximum Gasteiger partial charge on any atom is 0.0591 e. The monoisotopic (exact) mass is 222 g/mol. The third kappa shape index (κ3) is 5.24. The number of hydrogen-bond donors (Lipinski definition) is 1. The topological polar surface area (TPSA) is 34.1 Å². The van der Waals surface area contributed by atoms with E-state index in [1.807, 2.05) is 12.4 Å². The van der Waals surface area contributed by atoms with Gasteiger partial charge in [0.15, 0.2) is 0 Å². The van der Waals surface area contributed by atoms with E-state index >= 15 is 0 Å². The zero-order valence-electron chi connectivity index (χ0n) is 10.3. The van der Waals surface area contributed by atoms with E-state index in [4.69, 9.17) is 4.74 Å². The Morgan fingerprint density at radius 3 is 3.00 bits per heavy atom. The Bertz CT molecular complexity index is 289. The Balaban J connectivity index is 2.05. The molecule has 1 aromatic rings. The van der Waals surface area contributed by atoms with Crippen molar-refractivity contribution in [2.45, 2.75) is 33.2 Å². The first kappa shape index (κ1) is 13.1. The average Bonchev–Trinajstić information content (AvgIpc) is 2.30. The zero-order valence-corrected chi connectivity index (χ0v) is 10.3. The van der Waals surface area contributed by atoms with Crippen LogP contribution in [0.1, 0.15) is 30.9 Å². The quantitative estimate of drug-likeness (QED) is 0.685. The first-order valence-electron chi connectivity index (χ1n) is 6.02. The van der Waals surface area contributed by atoms with Gasteiger partial charge in [0.1, 0.15) is 0 Å². The third-order valence-electron chi connectivity index (χ3n) is 2.52. The summed E-state index contributed by atoms with van der Waals surface area (Å²) in [7, 11) is 0. The Labute approximate surface area is 98.2 Å². The van der Waals surface area contributed by atoms with E-state index in [0.29, 0.717) is 0 Å². The second-order valence-electron chi connectivity index (χ2n) is 3.94. The molecule has 0 aliphatic rings. The molecule has 0 aliphatic carbocycles. The molecule has 0 saturated heterocycles. The number of hydrogen-bond acceptors (Lipinski definition) is 3. The van der Waals surface area contributed by atoms with Crippen molar-refractivity contribution in [3.05, 3.63) is 29.6 Å². The van der Waals surface area contributed by atoms with Gasteiger partial charge in [0.05, 0.1) is 6.61 Å². The number of nitrogens with one attached hydrogen (secondary N) is 1. The van der Waals surface area contributed by atoms with Crippen LogP contribution in [0.3, 0.4) is 0 Å². The van der Waals surface area contributed by atoms with E-state index in [9.17, 15) is 0 Å². The molecule has 1 aromatic heterocycles. The molecule has 0 saturated carbocycles. The predicted octanol–water partition coefficient (Wildman–Crippen LogP) is 2.30. The van der Waals surface area contributed by atoms with Crippen LogP contribution >= 0.6 is 0 Å². The van der Waals surface area contributed by atoms with Crippen molar-refractivity contribution in [2.24, 2.45) is 0 Å². The summed E-state index contributed by atoms with van der Waals surface area (Å²) in [4.78, 5) is 4.07. The highest BCUT2D eigenvalue weighted by molar-refractivity contribution is 5.20. The van der Waals surface area contributed by atoms with Gasteiger partial charge in [-0.15, -0.1) is 0 Å². The van der Waals surface area contributed by atoms with Gasteiger partial charge in [-0.1, -0.05) is 13.3 Å². The van der Waals surface area contributed by atoms with Crippen LogP contribution in [0, 0.1) is 6.92 Å². The molecule has 0 bridgehead atoms. The number of aromatic nitrogens is 1. The van der Waals surface area contributed by atoms with E-state index in [1.54, 1.807) is 0 Å². The molecule has 0 amide bonds. The molecule has 0 atom stereocenters. The largest absolute Gasteiger partial charge is 0.380 e. The van der Waals surface area contributed by atoms with E-state index in [2.05, 4.69) is 30.2 Å². The Morgan fingerprint density at radius 1 is 1.38 bits per heavy atom. The highest BCUT2D eigenvalue weighted by atomic mass is 16.5. The van der Waals surface area contributed by atoms with Gasteiger partial charge in [-0.25, -0.2) is 0 Å². The number of pyridine rings is 1. The van der Waals surface area contributed by atoms with Crippen LogP contribution in [0.25, 0.3) is 0 Å². The van der Waals surface area contributed by atoms with Gasteiger partial charge < -0.3 is 10.1 Å². The molecular formula is C13H22N2O. The molecule has 0 fully saturated rings. The first-order valence-corrected chi connectivity index (χ1v) is 6.02. The molecule has 0 aliphatic heterocycles. The van der Waals surface area contributed by atoms with Gasteiger partial charge in [-0.2, -0.15) is 0 Å². The first-order chi connectivity index (χ1) is 7.84. The maximum atomic E-state index is 5.47. The van der Waals surface area contributed by atoms with Crippen molar-refractivity contribution in [1.29, 1.82) is 0 Å². The van der Waals surface area contributed by atoms with Crippen LogP contribution in [0.2, 0.25) is 0 Å². The van der Waals surface area contributed by atoms with Gasteiger partial charge in [-0.05, 0) is 30.5 Å². The van der Waals surface area contributed by atoms with E-state index in [0.717, 1.165) is 32.7 Å². The summed E-state index contributed by atoms with van der Waals surface area (Å²) >= 11 is 0. The predicted molar refractivity (Wildman–Crippen MR) is 66.4 cm³/mol. The second-order valence-corrected chi connectivity index (χ2v) is 3.94.